The molecule has 0 aliphatic rings. The van der Waals surface area contributed by atoms with E-state index >= 15 is 0 Å². The Balaban J connectivity index is 1.97. The number of aromatic nitrogens is 2. The van der Waals surface area contributed by atoms with E-state index in [0.29, 0.717) is 17.5 Å². The Morgan fingerprint density at radius 1 is 1.20 bits per heavy atom. The standard InChI is InChI=1S/C15H17N3O2/c1-15(2,3)12(16)14-17-13(18-20-14)11-8-9-6-4-5-7-10(9)19-11/h4-8,12H,16H2,1-3H3. The highest BCUT2D eigenvalue weighted by Crippen LogP contribution is 2.31. The Bertz CT molecular complexity index is 704. The number of furan rings is 1. The van der Waals surface area contributed by atoms with Gasteiger partial charge in [0.2, 0.25) is 11.7 Å². The summed E-state index contributed by atoms with van der Waals surface area (Å²) in [6, 6.07) is 9.34. The molecule has 0 bridgehead atoms. The second-order valence-electron chi connectivity index (χ2n) is 5.95. The minimum atomic E-state index is -0.312. The smallest absolute Gasteiger partial charge is 0.244 e. The van der Waals surface area contributed by atoms with Gasteiger partial charge < -0.3 is 14.7 Å². The average molecular weight is 271 g/mol. The predicted molar refractivity (Wildman–Crippen MR) is 75.9 cm³/mol. The lowest BCUT2D eigenvalue weighted by atomic mass is 9.87. The molecule has 0 aliphatic heterocycles. The van der Waals surface area contributed by atoms with E-state index in [2.05, 4.69) is 10.1 Å². The first kappa shape index (κ1) is 12.9. The van der Waals surface area contributed by atoms with E-state index in [-0.39, 0.29) is 11.5 Å². The molecule has 1 unspecified atom stereocenters. The Morgan fingerprint density at radius 3 is 2.65 bits per heavy atom. The second kappa shape index (κ2) is 4.45. The summed E-state index contributed by atoms with van der Waals surface area (Å²) in [6.07, 6.45) is 0. The molecule has 3 rings (SSSR count). The van der Waals surface area contributed by atoms with Crippen LogP contribution in [-0.2, 0) is 0 Å². The molecule has 5 nitrogen and oxygen atoms in total. The number of fused-ring (bicyclic) bond motifs is 1. The summed E-state index contributed by atoms with van der Waals surface area (Å²) in [6.45, 7) is 6.09. The molecular weight excluding hydrogens is 254 g/mol. The van der Waals surface area contributed by atoms with Gasteiger partial charge in [0.25, 0.3) is 0 Å². The van der Waals surface area contributed by atoms with Gasteiger partial charge in [0.15, 0.2) is 5.76 Å². The lowest BCUT2D eigenvalue weighted by Crippen LogP contribution is -2.26. The highest BCUT2D eigenvalue weighted by molar-refractivity contribution is 5.81. The summed E-state index contributed by atoms with van der Waals surface area (Å²) in [7, 11) is 0. The van der Waals surface area contributed by atoms with E-state index < -0.39 is 0 Å². The maximum atomic E-state index is 6.11. The number of benzene rings is 1. The van der Waals surface area contributed by atoms with Crippen LogP contribution in [0.15, 0.2) is 39.3 Å². The summed E-state index contributed by atoms with van der Waals surface area (Å²) in [5.41, 5.74) is 6.77. The van der Waals surface area contributed by atoms with Gasteiger partial charge in [-0.1, -0.05) is 44.1 Å². The molecule has 5 heteroatoms. The molecule has 0 spiro atoms. The largest absolute Gasteiger partial charge is 0.453 e. The third kappa shape index (κ3) is 2.20. The zero-order chi connectivity index (χ0) is 14.3. The van der Waals surface area contributed by atoms with Crippen LogP contribution >= 0.6 is 0 Å². The van der Waals surface area contributed by atoms with Crippen LogP contribution in [0.4, 0.5) is 0 Å². The summed E-state index contributed by atoms with van der Waals surface area (Å²) < 4.78 is 11.0. The van der Waals surface area contributed by atoms with Crippen LogP contribution in [0.1, 0.15) is 32.7 Å². The number of para-hydroxylation sites is 1. The van der Waals surface area contributed by atoms with Crippen LogP contribution in [0, 0.1) is 5.41 Å². The fraction of sp³-hybridized carbons (Fsp3) is 0.333. The van der Waals surface area contributed by atoms with Gasteiger partial charge in [-0.05, 0) is 17.5 Å². The fourth-order valence-corrected chi connectivity index (χ4v) is 1.92. The van der Waals surface area contributed by atoms with Gasteiger partial charge in [-0.2, -0.15) is 4.98 Å². The van der Waals surface area contributed by atoms with Crippen LogP contribution in [0.5, 0.6) is 0 Å². The maximum Gasteiger partial charge on any atom is 0.244 e. The Labute approximate surface area is 116 Å². The van der Waals surface area contributed by atoms with E-state index in [0.717, 1.165) is 11.0 Å². The molecule has 0 amide bonds. The highest BCUT2D eigenvalue weighted by Gasteiger charge is 2.28. The van der Waals surface area contributed by atoms with Gasteiger partial charge in [0, 0.05) is 5.39 Å². The Kier molecular flexibility index (Phi) is 2.87. The van der Waals surface area contributed by atoms with Crippen LogP contribution < -0.4 is 5.73 Å². The summed E-state index contributed by atoms with van der Waals surface area (Å²) in [4.78, 5) is 4.35. The van der Waals surface area contributed by atoms with Crippen molar-refractivity contribution in [3.05, 3.63) is 36.2 Å². The maximum absolute atomic E-state index is 6.11. The highest BCUT2D eigenvalue weighted by atomic mass is 16.5. The first-order chi connectivity index (χ1) is 9.45. The molecule has 2 heterocycles. The van der Waals surface area contributed by atoms with Crippen LogP contribution in [0.25, 0.3) is 22.6 Å². The van der Waals surface area contributed by atoms with E-state index in [1.807, 2.05) is 51.1 Å². The van der Waals surface area contributed by atoms with Gasteiger partial charge >= 0.3 is 0 Å². The molecule has 2 N–H and O–H groups in total. The minimum Gasteiger partial charge on any atom is -0.453 e. The van der Waals surface area contributed by atoms with Crippen LogP contribution in [0.3, 0.4) is 0 Å². The number of hydrogen-bond donors (Lipinski definition) is 1. The molecule has 0 saturated heterocycles. The van der Waals surface area contributed by atoms with Crippen molar-refractivity contribution < 1.29 is 8.94 Å². The SMILES string of the molecule is CC(C)(C)C(N)c1nc(-c2cc3ccccc3o2)no1. The second-order valence-corrected chi connectivity index (χ2v) is 5.95. The van der Waals surface area contributed by atoms with Crippen molar-refractivity contribution in [2.24, 2.45) is 11.1 Å². The quantitative estimate of drug-likeness (QED) is 0.771. The normalized spacial score (nSPS) is 13.8. The molecule has 3 aromatic rings. The van der Waals surface area contributed by atoms with E-state index in [4.69, 9.17) is 14.7 Å². The zero-order valence-electron chi connectivity index (χ0n) is 11.8. The topological polar surface area (TPSA) is 78.1 Å². The van der Waals surface area contributed by atoms with Gasteiger partial charge in [-0.15, -0.1) is 0 Å². The summed E-state index contributed by atoms with van der Waals surface area (Å²) in [5.74, 6) is 1.44. The lowest BCUT2D eigenvalue weighted by Gasteiger charge is -2.23. The van der Waals surface area contributed by atoms with Crippen LogP contribution in [-0.4, -0.2) is 10.1 Å². The van der Waals surface area contributed by atoms with Crippen LogP contribution in [0.2, 0.25) is 0 Å². The Morgan fingerprint density at radius 2 is 1.95 bits per heavy atom. The lowest BCUT2D eigenvalue weighted by molar-refractivity contribution is 0.253. The number of hydrogen-bond acceptors (Lipinski definition) is 5. The molecule has 0 aliphatic carbocycles. The van der Waals surface area contributed by atoms with Gasteiger partial charge in [0.05, 0.1) is 6.04 Å². The molecule has 20 heavy (non-hydrogen) atoms. The molecule has 0 saturated carbocycles. The molecule has 0 fully saturated rings. The molecular formula is C15H17N3O2. The van der Waals surface area contributed by atoms with E-state index in [1.54, 1.807) is 0 Å². The number of nitrogens with two attached hydrogens (primary N) is 1. The first-order valence-corrected chi connectivity index (χ1v) is 6.53. The predicted octanol–water partition coefficient (Wildman–Crippen LogP) is 3.53. The first-order valence-electron chi connectivity index (χ1n) is 6.53. The number of rotatable bonds is 2. The zero-order valence-corrected chi connectivity index (χ0v) is 11.8. The molecule has 2 aromatic heterocycles. The molecule has 1 aromatic carbocycles. The van der Waals surface area contributed by atoms with Crippen molar-refractivity contribution in [1.29, 1.82) is 0 Å². The summed E-state index contributed by atoms with van der Waals surface area (Å²) in [5, 5.41) is 4.96. The Hall–Kier alpha value is -2.14. The summed E-state index contributed by atoms with van der Waals surface area (Å²) >= 11 is 0. The molecule has 104 valence electrons. The van der Waals surface area contributed by atoms with Crippen molar-refractivity contribution in [1.82, 2.24) is 10.1 Å². The van der Waals surface area contributed by atoms with E-state index in [1.165, 1.54) is 0 Å². The molecule has 1 atom stereocenters. The van der Waals surface area contributed by atoms with Gasteiger partial charge in [0.1, 0.15) is 5.58 Å². The monoisotopic (exact) mass is 271 g/mol. The van der Waals surface area contributed by atoms with Crippen molar-refractivity contribution in [3.63, 3.8) is 0 Å². The van der Waals surface area contributed by atoms with E-state index in [9.17, 15) is 0 Å². The van der Waals surface area contributed by atoms with Gasteiger partial charge in [-0.25, -0.2) is 0 Å². The van der Waals surface area contributed by atoms with Crippen molar-refractivity contribution >= 4 is 11.0 Å². The third-order valence-corrected chi connectivity index (χ3v) is 3.29. The van der Waals surface area contributed by atoms with Crippen molar-refractivity contribution in [3.8, 4) is 11.6 Å². The van der Waals surface area contributed by atoms with Crippen molar-refractivity contribution in [2.75, 3.05) is 0 Å². The van der Waals surface area contributed by atoms with Crippen molar-refractivity contribution in [2.45, 2.75) is 26.8 Å². The fourth-order valence-electron chi connectivity index (χ4n) is 1.92. The third-order valence-electron chi connectivity index (χ3n) is 3.29. The molecule has 0 radical (unpaired) electrons. The van der Waals surface area contributed by atoms with Gasteiger partial charge in [-0.3, -0.25) is 0 Å². The average Bonchev–Trinajstić information content (AvgIpc) is 3.03. The number of nitrogens with zero attached hydrogens (tertiary/aromatic N) is 2. The minimum absolute atomic E-state index is 0.141.